The summed E-state index contributed by atoms with van der Waals surface area (Å²) < 4.78 is 26.5. The van der Waals surface area contributed by atoms with Gasteiger partial charge in [-0.1, -0.05) is 12.1 Å². The Labute approximate surface area is 86.5 Å². The topological polar surface area (TPSA) is 37.3 Å². The number of aryl methyl sites for hydroxylation is 1. The maximum atomic E-state index is 13.3. The van der Waals surface area contributed by atoms with Crippen molar-refractivity contribution in [1.29, 1.82) is 0 Å². The maximum Gasteiger partial charge on any atom is 0.379 e. The molecule has 0 aliphatic heterocycles. The summed E-state index contributed by atoms with van der Waals surface area (Å²) >= 11 is 0. The molecule has 0 unspecified atom stereocenters. The van der Waals surface area contributed by atoms with Gasteiger partial charge in [0.25, 0.3) is 0 Å². The second-order valence-electron chi connectivity index (χ2n) is 3.56. The van der Waals surface area contributed by atoms with E-state index in [1.807, 2.05) is 0 Å². The van der Waals surface area contributed by atoms with E-state index in [0.29, 0.717) is 11.1 Å². The second kappa shape index (κ2) is 3.61. The lowest BCUT2D eigenvalue weighted by Gasteiger charge is -2.16. The number of alkyl halides is 2. The minimum atomic E-state index is -3.82. The van der Waals surface area contributed by atoms with Crippen LogP contribution in [0.4, 0.5) is 8.78 Å². The summed E-state index contributed by atoms with van der Waals surface area (Å²) in [6, 6.07) is 2.68. The largest absolute Gasteiger partial charge is 0.477 e. The van der Waals surface area contributed by atoms with E-state index < -0.39 is 17.5 Å². The first kappa shape index (κ1) is 11.6. The number of carboxylic acids is 1. The van der Waals surface area contributed by atoms with E-state index >= 15 is 0 Å². The number of benzene rings is 1. The number of carboxylic acid groups (broad SMARTS) is 1. The van der Waals surface area contributed by atoms with Crippen LogP contribution in [0.25, 0.3) is 0 Å². The van der Waals surface area contributed by atoms with Gasteiger partial charge in [0.05, 0.1) is 0 Å². The smallest absolute Gasteiger partial charge is 0.379 e. The zero-order valence-corrected chi connectivity index (χ0v) is 8.77. The van der Waals surface area contributed by atoms with Crippen LogP contribution in [-0.2, 0) is 10.7 Å². The summed E-state index contributed by atoms with van der Waals surface area (Å²) in [5.74, 6) is -5.93. The van der Waals surface area contributed by atoms with E-state index in [9.17, 15) is 13.6 Å². The Hall–Kier alpha value is -1.45. The van der Waals surface area contributed by atoms with Crippen LogP contribution in [0.1, 0.15) is 22.3 Å². The van der Waals surface area contributed by atoms with E-state index in [-0.39, 0.29) is 0 Å². The van der Waals surface area contributed by atoms with Crippen LogP contribution in [0.5, 0.6) is 0 Å². The Kier molecular flexibility index (Phi) is 2.79. The molecule has 0 heterocycles. The van der Waals surface area contributed by atoms with Crippen molar-refractivity contribution in [2.45, 2.75) is 26.7 Å². The lowest BCUT2D eigenvalue weighted by Crippen LogP contribution is -2.26. The fourth-order valence-electron chi connectivity index (χ4n) is 1.41. The van der Waals surface area contributed by atoms with E-state index in [1.165, 1.54) is 19.1 Å². The van der Waals surface area contributed by atoms with Crippen LogP contribution in [0.2, 0.25) is 0 Å². The third-order valence-corrected chi connectivity index (χ3v) is 2.66. The highest BCUT2D eigenvalue weighted by atomic mass is 19.3. The van der Waals surface area contributed by atoms with Gasteiger partial charge in [0, 0.05) is 5.56 Å². The molecule has 0 fully saturated rings. The van der Waals surface area contributed by atoms with Crippen LogP contribution in [0.15, 0.2) is 12.1 Å². The highest BCUT2D eigenvalue weighted by molar-refractivity contribution is 5.78. The van der Waals surface area contributed by atoms with Gasteiger partial charge in [0.15, 0.2) is 0 Å². The lowest BCUT2D eigenvalue weighted by molar-refractivity contribution is -0.166. The molecule has 2 nitrogen and oxygen atoms in total. The van der Waals surface area contributed by atoms with Gasteiger partial charge in [-0.25, -0.2) is 4.79 Å². The van der Waals surface area contributed by atoms with Gasteiger partial charge >= 0.3 is 11.9 Å². The molecule has 0 aliphatic rings. The molecule has 15 heavy (non-hydrogen) atoms. The van der Waals surface area contributed by atoms with Gasteiger partial charge in [0.2, 0.25) is 0 Å². The summed E-state index contributed by atoms with van der Waals surface area (Å²) in [5.41, 5.74) is 1.48. The number of rotatable bonds is 2. The van der Waals surface area contributed by atoms with Gasteiger partial charge in [0.1, 0.15) is 0 Å². The predicted octanol–water partition coefficient (Wildman–Crippen LogP) is 2.79. The summed E-state index contributed by atoms with van der Waals surface area (Å²) in [6.45, 7) is 5.01. The molecule has 1 aromatic rings. The molecule has 0 amide bonds. The maximum absolute atomic E-state index is 13.3. The number of aliphatic carboxylic acids is 1. The van der Waals surface area contributed by atoms with Gasteiger partial charge in [-0.15, -0.1) is 0 Å². The normalized spacial score (nSPS) is 11.5. The highest BCUT2D eigenvalue weighted by Crippen LogP contribution is 2.32. The third kappa shape index (κ3) is 1.84. The van der Waals surface area contributed by atoms with E-state index in [4.69, 9.17) is 5.11 Å². The molecule has 82 valence electrons. The van der Waals surface area contributed by atoms with Crippen molar-refractivity contribution < 1.29 is 18.7 Å². The molecule has 0 saturated carbocycles. The lowest BCUT2D eigenvalue weighted by atomic mass is 9.95. The summed E-state index contributed by atoms with van der Waals surface area (Å²) in [4.78, 5) is 10.4. The summed E-state index contributed by atoms with van der Waals surface area (Å²) in [5, 5.41) is 8.43. The first-order valence-electron chi connectivity index (χ1n) is 4.47. The third-order valence-electron chi connectivity index (χ3n) is 2.66. The molecule has 0 atom stereocenters. The average molecular weight is 214 g/mol. The second-order valence-corrected chi connectivity index (χ2v) is 3.56. The minimum Gasteiger partial charge on any atom is -0.477 e. The Morgan fingerprint density at radius 3 is 2.20 bits per heavy atom. The number of hydrogen-bond donors (Lipinski definition) is 1. The van der Waals surface area contributed by atoms with E-state index in [2.05, 4.69) is 0 Å². The van der Waals surface area contributed by atoms with Crippen LogP contribution in [0, 0.1) is 20.8 Å². The van der Waals surface area contributed by atoms with Crippen LogP contribution in [0.3, 0.4) is 0 Å². The Bertz CT molecular complexity index is 411. The molecule has 0 bridgehead atoms. The van der Waals surface area contributed by atoms with Crippen molar-refractivity contribution in [2.24, 2.45) is 0 Å². The molecule has 1 N–H and O–H groups in total. The monoisotopic (exact) mass is 214 g/mol. The molecular formula is C11H12F2O2. The minimum absolute atomic E-state index is 0.336. The van der Waals surface area contributed by atoms with Crippen molar-refractivity contribution in [3.8, 4) is 0 Å². The molecule has 0 radical (unpaired) electrons. The van der Waals surface area contributed by atoms with E-state index in [1.54, 1.807) is 13.8 Å². The molecule has 1 aromatic carbocycles. The Morgan fingerprint density at radius 2 is 1.73 bits per heavy atom. The first-order valence-corrected chi connectivity index (χ1v) is 4.47. The SMILES string of the molecule is Cc1ccc(C(F)(F)C(=O)O)c(C)c1C. The summed E-state index contributed by atoms with van der Waals surface area (Å²) in [6.07, 6.45) is 0. The van der Waals surface area contributed by atoms with Crippen molar-refractivity contribution in [3.63, 3.8) is 0 Å². The first-order chi connectivity index (χ1) is 6.78. The molecule has 0 spiro atoms. The molecular weight excluding hydrogens is 202 g/mol. The fraction of sp³-hybridized carbons (Fsp3) is 0.364. The van der Waals surface area contributed by atoms with Crippen molar-refractivity contribution in [3.05, 3.63) is 34.4 Å². The molecule has 0 aliphatic carbocycles. The molecule has 0 aromatic heterocycles. The number of carbonyl (C=O) groups is 1. The zero-order valence-electron chi connectivity index (χ0n) is 8.77. The van der Waals surface area contributed by atoms with E-state index in [0.717, 1.165) is 5.56 Å². The summed E-state index contributed by atoms with van der Waals surface area (Å²) in [7, 11) is 0. The Balaban J connectivity index is 3.40. The Morgan fingerprint density at radius 1 is 1.20 bits per heavy atom. The number of hydrogen-bond acceptors (Lipinski definition) is 1. The zero-order chi connectivity index (χ0) is 11.8. The number of halogens is 2. The molecule has 0 saturated heterocycles. The quantitative estimate of drug-likeness (QED) is 0.821. The van der Waals surface area contributed by atoms with Gasteiger partial charge < -0.3 is 5.11 Å². The highest BCUT2D eigenvalue weighted by Gasteiger charge is 2.42. The van der Waals surface area contributed by atoms with Gasteiger partial charge in [-0.3, -0.25) is 0 Å². The molecule has 4 heteroatoms. The van der Waals surface area contributed by atoms with Crippen molar-refractivity contribution in [1.82, 2.24) is 0 Å². The molecule has 1 rings (SSSR count). The van der Waals surface area contributed by atoms with Gasteiger partial charge in [-0.05, 0) is 37.5 Å². The van der Waals surface area contributed by atoms with Crippen molar-refractivity contribution in [2.75, 3.05) is 0 Å². The standard InChI is InChI=1S/C11H12F2O2/c1-6-4-5-9(8(3)7(6)2)11(12,13)10(14)15/h4-5H,1-3H3,(H,14,15). The predicted molar refractivity (Wildman–Crippen MR) is 52.2 cm³/mol. The van der Waals surface area contributed by atoms with Crippen LogP contribution >= 0.6 is 0 Å². The fourth-order valence-corrected chi connectivity index (χ4v) is 1.41. The van der Waals surface area contributed by atoms with Crippen LogP contribution in [-0.4, -0.2) is 11.1 Å². The van der Waals surface area contributed by atoms with Gasteiger partial charge in [-0.2, -0.15) is 8.78 Å². The van der Waals surface area contributed by atoms with Crippen LogP contribution < -0.4 is 0 Å². The average Bonchev–Trinajstić information content (AvgIpc) is 2.13. The van der Waals surface area contributed by atoms with Crippen molar-refractivity contribution >= 4 is 5.97 Å².